The van der Waals surface area contributed by atoms with Crippen molar-refractivity contribution < 1.29 is 8.42 Å². The number of halogens is 1. The number of anilines is 1. The molecule has 1 aliphatic heterocycles. The quantitative estimate of drug-likeness (QED) is 0.875. The lowest BCUT2D eigenvalue weighted by molar-refractivity contribution is 0.591. The number of rotatable bonds is 3. The van der Waals surface area contributed by atoms with E-state index in [2.05, 4.69) is 15.3 Å². The second kappa shape index (κ2) is 5.13. The zero-order valence-corrected chi connectivity index (χ0v) is 13.3. The Morgan fingerprint density at radius 2 is 2.30 bits per heavy atom. The fourth-order valence-corrected chi connectivity index (χ4v) is 5.31. The first-order valence-corrected chi connectivity index (χ1v) is 9.26. The molecule has 1 fully saturated rings. The third-order valence-corrected chi connectivity index (χ3v) is 6.84. The van der Waals surface area contributed by atoms with Crippen molar-refractivity contribution >= 4 is 48.8 Å². The number of nitrogens with zero attached hydrogens (tertiary/aromatic N) is 2. The van der Waals surface area contributed by atoms with Crippen LogP contribution in [-0.4, -0.2) is 35.9 Å². The fourth-order valence-electron chi connectivity index (χ4n) is 2.45. The maximum Gasteiger partial charge on any atom is 0.225 e. The summed E-state index contributed by atoms with van der Waals surface area (Å²) in [6, 6.07) is 1.99. The fraction of sp³-hybridized carbons (Fsp3) is 0.500. The second-order valence-electron chi connectivity index (χ2n) is 4.93. The van der Waals surface area contributed by atoms with Gasteiger partial charge in [0.2, 0.25) is 5.28 Å². The van der Waals surface area contributed by atoms with Crippen LogP contribution in [0.4, 0.5) is 5.82 Å². The Bertz CT molecular complexity index is 757. The van der Waals surface area contributed by atoms with Gasteiger partial charge in [-0.3, -0.25) is 0 Å². The zero-order valence-electron chi connectivity index (χ0n) is 10.9. The first-order chi connectivity index (χ1) is 9.45. The van der Waals surface area contributed by atoms with Gasteiger partial charge in [0.25, 0.3) is 0 Å². The summed E-state index contributed by atoms with van der Waals surface area (Å²) in [7, 11) is -2.95. The van der Waals surface area contributed by atoms with Crippen LogP contribution in [0.1, 0.15) is 17.7 Å². The highest BCUT2D eigenvalue weighted by molar-refractivity contribution is 7.92. The highest BCUT2D eigenvalue weighted by Gasteiger charge is 2.31. The first-order valence-electron chi connectivity index (χ1n) is 6.35. The monoisotopic (exact) mass is 331 g/mol. The molecule has 0 saturated carbocycles. The smallest absolute Gasteiger partial charge is 0.225 e. The molecule has 1 unspecified atom stereocenters. The molecule has 20 heavy (non-hydrogen) atoms. The van der Waals surface area contributed by atoms with Crippen LogP contribution in [-0.2, 0) is 9.84 Å². The topological polar surface area (TPSA) is 72.0 Å². The number of hydrogen-bond acceptors (Lipinski definition) is 6. The Morgan fingerprint density at radius 1 is 1.50 bits per heavy atom. The standard InChI is InChI=1S/C12H14ClN3O2S2/c1-7-5-9-10(15-12(13)16-11(9)19-7)14-6-8-3-2-4-20(8,17)18/h5,8H,2-4,6H2,1H3,(H,14,15,16). The van der Waals surface area contributed by atoms with E-state index in [0.29, 0.717) is 18.8 Å². The van der Waals surface area contributed by atoms with Gasteiger partial charge in [0.05, 0.1) is 16.4 Å². The van der Waals surface area contributed by atoms with Crippen LogP contribution < -0.4 is 5.32 Å². The minimum atomic E-state index is -2.95. The van der Waals surface area contributed by atoms with Crippen molar-refractivity contribution in [3.63, 3.8) is 0 Å². The average Bonchev–Trinajstić information content (AvgIpc) is 2.87. The van der Waals surface area contributed by atoms with E-state index in [1.54, 1.807) is 11.3 Å². The number of aromatic nitrogens is 2. The molecule has 8 heteroatoms. The Labute approximate surface area is 126 Å². The van der Waals surface area contributed by atoms with E-state index in [0.717, 1.165) is 21.5 Å². The molecule has 0 radical (unpaired) electrons. The van der Waals surface area contributed by atoms with Gasteiger partial charge in [-0.15, -0.1) is 11.3 Å². The van der Waals surface area contributed by atoms with Gasteiger partial charge in [0.1, 0.15) is 10.6 Å². The van der Waals surface area contributed by atoms with Gasteiger partial charge in [0.15, 0.2) is 9.84 Å². The molecule has 108 valence electrons. The zero-order chi connectivity index (χ0) is 14.3. The number of aryl methyl sites for hydroxylation is 1. The molecule has 0 aromatic carbocycles. The van der Waals surface area contributed by atoms with Crippen LogP contribution in [0.15, 0.2) is 6.07 Å². The van der Waals surface area contributed by atoms with Gasteiger partial charge in [0, 0.05) is 11.4 Å². The Balaban J connectivity index is 1.87. The van der Waals surface area contributed by atoms with Crippen molar-refractivity contribution in [2.45, 2.75) is 25.0 Å². The molecular weight excluding hydrogens is 318 g/mol. The molecule has 1 saturated heterocycles. The summed E-state index contributed by atoms with van der Waals surface area (Å²) in [5.74, 6) is 0.906. The second-order valence-corrected chi connectivity index (χ2v) is 8.90. The molecule has 1 aliphatic rings. The highest BCUT2D eigenvalue weighted by Crippen LogP contribution is 2.30. The number of sulfone groups is 1. The number of thiophene rings is 1. The molecule has 0 amide bonds. The molecule has 0 spiro atoms. The number of nitrogens with one attached hydrogen (secondary N) is 1. The van der Waals surface area contributed by atoms with Gasteiger partial charge in [-0.2, -0.15) is 0 Å². The van der Waals surface area contributed by atoms with Crippen molar-refractivity contribution in [3.05, 3.63) is 16.2 Å². The van der Waals surface area contributed by atoms with Crippen LogP contribution in [0.3, 0.4) is 0 Å². The minimum absolute atomic E-state index is 0.177. The summed E-state index contributed by atoms with van der Waals surface area (Å²) in [4.78, 5) is 10.3. The summed E-state index contributed by atoms with van der Waals surface area (Å²) in [5.41, 5.74) is 0. The highest BCUT2D eigenvalue weighted by atomic mass is 35.5. The predicted molar refractivity (Wildman–Crippen MR) is 82.5 cm³/mol. The van der Waals surface area contributed by atoms with E-state index >= 15 is 0 Å². The third kappa shape index (κ3) is 2.62. The van der Waals surface area contributed by atoms with Gasteiger partial charge in [-0.05, 0) is 37.4 Å². The van der Waals surface area contributed by atoms with Crippen molar-refractivity contribution in [3.8, 4) is 0 Å². The molecule has 0 bridgehead atoms. The van der Waals surface area contributed by atoms with E-state index < -0.39 is 9.84 Å². The molecule has 0 aliphatic carbocycles. The summed E-state index contributed by atoms with van der Waals surface area (Å²) in [5, 5.41) is 3.88. The molecule has 3 heterocycles. The lowest BCUT2D eigenvalue weighted by Crippen LogP contribution is -2.25. The normalized spacial score (nSPS) is 21.4. The molecule has 2 aromatic heterocycles. The van der Waals surface area contributed by atoms with Gasteiger partial charge in [-0.25, -0.2) is 18.4 Å². The summed E-state index contributed by atoms with van der Waals surface area (Å²) >= 11 is 7.46. The van der Waals surface area contributed by atoms with Crippen LogP contribution in [0.5, 0.6) is 0 Å². The Morgan fingerprint density at radius 3 is 3.00 bits per heavy atom. The summed E-state index contributed by atoms with van der Waals surface area (Å²) in [6.07, 6.45) is 1.45. The van der Waals surface area contributed by atoms with Crippen LogP contribution in [0.2, 0.25) is 5.28 Å². The first kappa shape index (κ1) is 14.0. The maximum absolute atomic E-state index is 11.8. The van der Waals surface area contributed by atoms with Crippen LogP contribution in [0.25, 0.3) is 10.2 Å². The van der Waals surface area contributed by atoms with E-state index in [-0.39, 0.29) is 16.3 Å². The van der Waals surface area contributed by atoms with Crippen LogP contribution >= 0.6 is 22.9 Å². The summed E-state index contributed by atoms with van der Waals surface area (Å²) in [6.45, 7) is 2.37. The third-order valence-electron chi connectivity index (χ3n) is 3.45. The van der Waals surface area contributed by atoms with Gasteiger partial charge >= 0.3 is 0 Å². The van der Waals surface area contributed by atoms with E-state index in [4.69, 9.17) is 11.6 Å². The Kier molecular flexibility index (Phi) is 3.60. The van der Waals surface area contributed by atoms with E-state index in [9.17, 15) is 8.42 Å². The maximum atomic E-state index is 11.8. The molecule has 2 aromatic rings. The predicted octanol–water partition coefficient (Wildman–Crippen LogP) is 2.64. The van der Waals surface area contributed by atoms with Crippen molar-refractivity contribution in [1.82, 2.24) is 9.97 Å². The van der Waals surface area contributed by atoms with Crippen molar-refractivity contribution in [1.29, 1.82) is 0 Å². The minimum Gasteiger partial charge on any atom is -0.368 e. The van der Waals surface area contributed by atoms with Gasteiger partial charge < -0.3 is 5.32 Å². The molecule has 1 N–H and O–H groups in total. The lowest BCUT2D eigenvalue weighted by atomic mass is 10.2. The number of fused-ring (bicyclic) bond motifs is 1. The molecule has 5 nitrogen and oxygen atoms in total. The van der Waals surface area contributed by atoms with Crippen molar-refractivity contribution in [2.75, 3.05) is 17.6 Å². The van der Waals surface area contributed by atoms with E-state index in [1.165, 1.54) is 0 Å². The Hall–Kier alpha value is -0.920. The van der Waals surface area contributed by atoms with Crippen molar-refractivity contribution in [2.24, 2.45) is 0 Å². The van der Waals surface area contributed by atoms with E-state index in [1.807, 2.05) is 13.0 Å². The summed E-state index contributed by atoms with van der Waals surface area (Å²) < 4.78 is 23.6. The SMILES string of the molecule is Cc1cc2c(NCC3CCCS3(=O)=O)nc(Cl)nc2s1. The van der Waals surface area contributed by atoms with Gasteiger partial charge in [-0.1, -0.05) is 0 Å². The molecule has 3 rings (SSSR count). The number of hydrogen-bond donors (Lipinski definition) is 1. The lowest BCUT2D eigenvalue weighted by Gasteiger charge is -2.11. The molecular formula is C12H14ClN3O2S2. The largest absolute Gasteiger partial charge is 0.368 e. The molecule has 1 atom stereocenters. The van der Waals surface area contributed by atoms with Crippen LogP contribution in [0, 0.1) is 6.92 Å². The average molecular weight is 332 g/mol.